The third-order valence-electron chi connectivity index (χ3n) is 3.14. The Balaban J connectivity index is 1.89. The molecule has 0 radical (unpaired) electrons. The summed E-state index contributed by atoms with van der Waals surface area (Å²) in [5, 5.41) is 3.06. The summed E-state index contributed by atoms with van der Waals surface area (Å²) < 4.78 is 11.3. The van der Waals surface area contributed by atoms with Gasteiger partial charge in [0.1, 0.15) is 4.83 Å². The first-order chi connectivity index (χ1) is 10.6. The molecule has 0 saturated carbocycles. The molecule has 0 fully saturated rings. The summed E-state index contributed by atoms with van der Waals surface area (Å²) >= 11 is 2.80. The third kappa shape index (κ3) is 2.55. The van der Waals surface area contributed by atoms with E-state index in [-0.39, 0.29) is 11.3 Å². The number of esters is 1. The Labute approximate surface area is 133 Å². The number of aromatic nitrogens is 2. The molecule has 3 rings (SSSR count). The second kappa shape index (κ2) is 5.98. The first-order valence-electron chi connectivity index (χ1n) is 6.33. The van der Waals surface area contributed by atoms with Gasteiger partial charge in [0, 0.05) is 18.4 Å². The summed E-state index contributed by atoms with van der Waals surface area (Å²) in [4.78, 5) is 29.0. The Morgan fingerprint density at radius 1 is 1.50 bits per heavy atom. The smallest absolute Gasteiger partial charge is 0.374 e. The van der Waals surface area contributed by atoms with Crippen molar-refractivity contribution in [1.82, 2.24) is 9.55 Å². The molecule has 0 unspecified atom stereocenters. The van der Waals surface area contributed by atoms with Crippen LogP contribution < -0.4 is 5.56 Å². The summed E-state index contributed by atoms with van der Waals surface area (Å²) in [6.07, 6.45) is 1.44. The van der Waals surface area contributed by atoms with E-state index in [1.54, 1.807) is 19.2 Å². The van der Waals surface area contributed by atoms with Crippen LogP contribution in [0.5, 0.6) is 0 Å². The summed E-state index contributed by atoms with van der Waals surface area (Å²) in [6, 6.07) is 3.48. The van der Waals surface area contributed by atoms with Crippen LogP contribution in [0.25, 0.3) is 10.2 Å². The van der Waals surface area contributed by atoms with E-state index in [0.29, 0.717) is 26.7 Å². The van der Waals surface area contributed by atoms with E-state index in [1.165, 1.54) is 41.0 Å². The van der Waals surface area contributed by atoms with Crippen LogP contribution in [-0.4, -0.2) is 22.6 Å². The second-order valence-electron chi connectivity index (χ2n) is 4.45. The fourth-order valence-corrected chi connectivity index (χ4v) is 3.73. The van der Waals surface area contributed by atoms with Gasteiger partial charge in [0.25, 0.3) is 5.56 Å². The molecule has 0 aromatic carbocycles. The van der Waals surface area contributed by atoms with Gasteiger partial charge in [0.15, 0.2) is 5.16 Å². The molecule has 3 aromatic heterocycles. The minimum Gasteiger partial charge on any atom is -0.463 e. The first kappa shape index (κ1) is 14.9. The molecule has 0 aliphatic carbocycles. The van der Waals surface area contributed by atoms with Gasteiger partial charge >= 0.3 is 5.97 Å². The van der Waals surface area contributed by atoms with Gasteiger partial charge in [0.2, 0.25) is 5.76 Å². The van der Waals surface area contributed by atoms with Crippen LogP contribution in [0, 0.1) is 0 Å². The van der Waals surface area contributed by atoms with E-state index < -0.39 is 5.97 Å². The van der Waals surface area contributed by atoms with Crippen molar-refractivity contribution < 1.29 is 13.9 Å². The summed E-state index contributed by atoms with van der Waals surface area (Å²) in [7, 11) is 2.99. The molecule has 0 aliphatic heterocycles. The van der Waals surface area contributed by atoms with Crippen molar-refractivity contribution in [2.45, 2.75) is 10.9 Å². The molecule has 6 nitrogen and oxygen atoms in total. The predicted molar refractivity (Wildman–Crippen MR) is 84.5 cm³/mol. The number of hydrogen-bond acceptors (Lipinski definition) is 7. The van der Waals surface area contributed by atoms with E-state index in [0.717, 1.165) is 0 Å². The maximum Gasteiger partial charge on any atom is 0.374 e. The quantitative estimate of drug-likeness (QED) is 0.414. The highest BCUT2D eigenvalue weighted by Gasteiger charge is 2.17. The number of thioether (sulfide) groups is 1. The van der Waals surface area contributed by atoms with E-state index in [2.05, 4.69) is 9.72 Å². The molecule has 0 aliphatic rings. The fraction of sp³-hybridized carbons (Fsp3) is 0.214. The van der Waals surface area contributed by atoms with Crippen LogP contribution in [0.1, 0.15) is 16.1 Å². The maximum atomic E-state index is 12.2. The van der Waals surface area contributed by atoms with E-state index in [1.807, 2.05) is 5.38 Å². The number of carbonyl (C=O) groups is 1. The molecular weight excluding hydrogens is 324 g/mol. The zero-order valence-electron chi connectivity index (χ0n) is 11.9. The standard InChI is InChI=1S/C14H12N2O4S2/c1-16-12(17)9-4-6-21-11(9)15-14(16)22-7-8-3-5-20-10(8)13(18)19-2/h3-6H,7H2,1-2H3. The maximum absolute atomic E-state index is 12.2. The molecule has 0 N–H and O–H groups in total. The lowest BCUT2D eigenvalue weighted by Gasteiger charge is -2.06. The summed E-state index contributed by atoms with van der Waals surface area (Å²) in [5.74, 6) is 0.117. The Morgan fingerprint density at radius 3 is 3.09 bits per heavy atom. The highest BCUT2D eigenvalue weighted by Crippen LogP contribution is 2.25. The van der Waals surface area contributed by atoms with E-state index in [9.17, 15) is 9.59 Å². The average molecular weight is 336 g/mol. The highest BCUT2D eigenvalue weighted by atomic mass is 32.2. The van der Waals surface area contributed by atoms with Crippen molar-refractivity contribution in [1.29, 1.82) is 0 Å². The largest absolute Gasteiger partial charge is 0.463 e. The minimum absolute atomic E-state index is 0.0749. The molecule has 0 atom stereocenters. The number of hydrogen-bond donors (Lipinski definition) is 0. The lowest BCUT2D eigenvalue weighted by Crippen LogP contribution is -2.19. The van der Waals surface area contributed by atoms with Crippen molar-refractivity contribution in [3.05, 3.63) is 45.5 Å². The lowest BCUT2D eigenvalue weighted by molar-refractivity contribution is 0.0564. The van der Waals surface area contributed by atoms with Crippen LogP contribution >= 0.6 is 23.1 Å². The van der Waals surface area contributed by atoms with Crippen LogP contribution in [0.3, 0.4) is 0 Å². The van der Waals surface area contributed by atoms with Crippen molar-refractivity contribution >= 4 is 39.3 Å². The SMILES string of the molecule is COC(=O)c1occc1CSc1nc2sccc2c(=O)n1C. The molecule has 0 amide bonds. The number of carbonyl (C=O) groups excluding carboxylic acids is 1. The Bertz CT molecular complexity index is 894. The molecule has 114 valence electrons. The van der Waals surface area contributed by atoms with Gasteiger partial charge in [-0.3, -0.25) is 9.36 Å². The molecule has 3 aromatic rings. The summed E-state index contributed by atoms with van der Waals surface area (Å²) in [5.41, 5.74) is 0.631. The topological polar surface area (TPSA) is 74.3 Å². The van der Waals surface area contributed by atoms with Gasteiger partial charge in [-0.05, 0) is 17.5 Å². The molecule has 0 spiro atoms. The van der Waals surface area contributed by atoms with Crippen LogP contribution in [-0.2, 0) is 17.5 Å². The van der Waals surface area contributed by atoms with Gasteiger partial charge < -0.3 is 9.15 Å². The molecule has 22 heavy (non-hydrogen) atoms. The zero-order chi connectivity index (χ0) is 15.7. The number of nitrogens with zero attached hydrogens (tertiary/aromatic N) is 2. The number of thiophene rings is 1. The number of methoxy groups -OCH3 is 1. The first-order valence-corrected chi connectivity index (χ1v) is 8.20. The number of rotatable bonds is 4. The molecular formula is C14H12N2O4S2. The van der Waals surface area contributed by atoms with Crippen LogP contribution in [0.15, 0.2) is 38.1 Å². The Kier molecular flexibility index (Phi) is 4.04. The van der Waals surface area contributed by atoms with Gasteiger partial charge in [0.05, 0.1) is 18.8 Å². The normalized spacial score (nSPS) is 11.0. The van der Waals surface area contributed by atoms with E-state index >= 15 is 0 Å². The zero-order valence-corrected chi connectivity index (χ0v) is 13.5. The van der Waals surface area contributed by atoms with Gasteiger partial charge in [-0.25, -0.2) is 9.78 Å². The number of ether oxygens (including phenoxy) is 1. The van der Waals surface area contributed by atoms with Crippen molar-refractivity contribution in [2.24, 2.45) is 7.05 Å². The Morgan fingerprint density at radius 2 is 2.32 bits per heavy atom. The number of furan rings is 1. The summed E-state index contributed by atoms with van der Waals surface area (Å²) in [6.45, 7) is 0. The minimum atomic E-state index is -0.517. The van der Waals surface area contributed by atoms with Crippen molar-refractivity contribution in [3.8, 4) is 0 Å². The van der Waals surface area contributed by atoms with Gasteiger partial charge in [-0.1, -0.05) is 11.8 Å². The van der Waals surface area contributed by atoms with Gasteiger partial charge in [-0.15, -0.1) is 11.3 Å². The monoisotopic (exact) mass is 336 g/mol. The molecule has 3 heterocycles. The lowest BCUT2D eigenvalue weighted by atomic mass is 10.3. The van der Waals surface area contributed by atoms with Crippen LogP contribution in [0.4, 0.5) is 0 Å². The highest BCUT2D eigenvalue weighted by molar-refractivity contribution is 7.98. The third-order valence-corrected chi connectivity index (χ3v) is 5.02. The van der Waals surface area contributed by atoms with Gasteiger partial charge in [-0.2, -0.15) is 0 Å². The van der Waals surface area contributed by atoms with E-state index in [4.69, 9.17) is 4.42 Å². The molecule has 8 heteroatoms. The number of fused-ring (bicyclic) bond motifs is 1. The van der Waals surface area contributed by atoms with Crippen LogP contribution in [0.2, 0.25) is 0 Å². The molecule has 0 saturated heterocycles. The fourth-order valence-electron chi connectivity index (χ4n) is 1.97. The predicted octanol–water partition coefficient (Wildman–Crippen LogP) is 2.67. The average Bonchev–Trinajstić information content (AvgIpc) is 3.17. The van der Waals surface area contributed by atoms with Crippen molar-refractivity contribution in [2.75, 3.05) is 7.11 Å². The van der Waals surface area contributed by atoms with Crippen molar-refractivity contribution in [3.63, 3.8) is 0 Å². The molecule has 0 bridgehead atoms. The second-order valence-corrected chi connectivity index (χ2v) is 6.29. The Hall–Kier alpha value is -2.06.